The van der Waals surface area contributed by atoms with Crippen LogP contribution in [-0.4, -0.2) is 27.6 Å². The number of benzene rings is 2. The summed E-state index contributed by atoms with van der Waals surface area (Å²) >= 11 is 4.71. The van der Waals surface area contributed by atoms with Crippen LogP contribution in [0.25, 0.3) is 22.2 Å². The molecule has 0 aliphatic heterocycles. The molecule has 0 saturated carbocycles. The molecule has 31 heavy (non-hydrogen) atoms. The number of carbonyl (C=O) groups is 1. The van der Waals surface area contributed by atoms with Crippen LogP contribution in [-0.2, 0) is 11.3 Å². The second-order valence-electron chi connectivity index (χ2n) is 6.94. The van der Waals surface area contributed by atoms with Crippen LogP contribution in [0.3, 0.4) is 0 Å². The molecule has 0 aliphatic rings. The minimum absolute atomic E-state index is 0.129. The average Bonchev–Trinajstić information content (AvgIpc) is 3.22. The zero-order valence-electron chi connectivity index (χ0n) is 16.9. The van der Waals surface area contributed by atoms with E-state index >= 15 is 0 Å². The van der Waals surface area contributed by atoms with Crippen molar-refractivity contribution in [1.29, 1.82) is 0 Å². The van der Waals surface area contributed by atoms with Gasteiger partial charge in [-0.1, -0.05) is 27.6 Å². The normalized spacial score (nSPS) is 10.9. The first-order valence-electron chi connectivity index (χ1n) is 9.49. The number of methoxy groups -OCH3 is 1. The van der Waals surface area contributed by atoms with Gasteiger partial charge in [0.25, 0.3) is 5.56 Å². The van der Waals surface area contributed by atoms with Crippen molar-refractivity contribution >= 4 is 49.2 Å². The number of aryl methyl sites for hydroxylation is 2. The lowest BCUT2D eigenvalue weighted by Gasteiger charge is -2.07. The van der Waals surface area contributed by atoms with Crippen LogP contribution in [0, 0.1) is 6.92 Å². The zero-order chi connectivity index (χ0) is 22.0. The first-order chi connectivity index (χ1) is 14.9. The lowest BCUT2D eigenvalue weighted by molar-refractivity contribution is -0.116. The number of aromatic nitrogens is 3. The van der Waals surface area contributed by atoms with Crippen LogP contribution < -0.4 is 15.6 Å². The summed E-state index contributed by atoms with van der Waals surface area (Å²) in [5.74, 6) is 0.502. The van der Waals surface area contributed by atoms with Crippen LogP contribution in [0.15, 0.2) is 57.4 Å². The molecule has 0 aliphatic carbocycles. The van der Waals surface area contributed by atoms with E-state index < -0.39 is 0 Å². The Bertz CT molecular complexity index is 1330. The number of fused-ring (bicyclic) bond motifs is 1. The Balaban J connectivity index is 1.45. The van der Waals surface area contributed by atoms with Gasteiger partial charge in [-0.15, -0.1) is 11.3 Å². The molecular formula is C22H19BrN4O3S. The molecule has 4 rings (SSSR count). The fourth-order valence-electron chi connectivity index (χ4n) is 3.17. The molecule has 4 aromatic rings. The molecule has 0 bridgehead atoms. The van der Waals surface area contributed by atoms with E-state index in [1.165, 1.54) is 22.2 Å². The molecule has 0 radical (unpaired) electrons. The molecule has 7 nitrogen and oxygen atoms in total. The highest BCUT2D eigenvalue weighted by Crippen LogP contribution is 2.33. The summed E-state index contributed by atoms with van der Waals surface area (Å²) in [5.41, 5.74) is 3.15. The maximum Gasteiger partial charge on any atom is 0.261 e. The molecule has 2 heterocycles. The summed E-state index contributed by atoms with van der Waals surface area (Å²) in [6, 6.07) is 11.2. The Morgan fingerprint density at radius 3 is 2.90 bits per heavy atom. The number of thiazole rings is 1. The highest BCUT2D eigenvalue weighted by Gasteiger charge is 2.13. The van der Waals surface area contributed by atoms with Gasteiger partial charge in [-0.05, 0) is 37.3 Å². The van der Waals surface area contributed by atoms with E-state index in [9.17, 15) is 9.59 Å². The van der Waals surface area contributed by atoms with Gasteiger partial charge in [0.2, 0.25) is 5.91 Å². The number of carbonyl (C=O) groups excluding carboxylic acids is 1. The van der Waals surface area contributed by atoms with Gasteiger partial charge >= 0.3 is 0 Å². The Kier molecular flexibility index (Phi) is 6.15. The molecule has 0 saturated heterocycles. The minimum atomic E-state index is -0.224. The number of hydrogen-bond donors (Lipinski definition) is 1. The predicted molar refractivity (Wildman–Crippen MR) is 126 cm³/mol. The molecule has 0 spiro atoms. The lowest BCUT2D eigenvalue weighted by Crippen LogP contribution is -2.23. The summed E-state index contributed by atoms with van der Waals surface area (Å²) in [6.07, 6.45) is 1.60. The first-order valence-corrected chi connectivity index (χ1v) is 11.2. The Labute approximate surface area is 190 Å². The summed E-state index contributed by atoms with van der Waals surface area (Å²) in [6.45, 7) is 2.23. The molecule has 1 amide bonds. The fourth-order valence-corrected chi connectivity index (χ4v) is 4.26. The fraction of sp³-hybridized carbons (Fsp3) is 0.182. The smallest absolute Gasteiger partial charge is 0.261 e. The summed E-state index contributed by atoms with van der Waals surface area (Å²) in [5, 5.41) is 5.69. The number of anilines is 1. The Morgan fingerprint density at radius 1 is 1.26 bits per heavy atom. The SMILES string of the molecule is COc1ccc(C)cc1-c1csc(NC(=O)CCn2cnc3ccc(Br)cc3c2=O)n1. The number of rotatable bonds is 6. The van der Waals surface area contributed by atoms with Gasteiger partial charge in [-0.25, -0.2) is 9.97 Å². The third kappa shape index (κ3) is 4.67. The monoisotopic (exact) mass is 498 g/mol. The summed E-state index contributed by atoms with van der Waals surface area (Å²) in [4.78, 5) is 33.9. The highest BCUT2D eigenvalue weighted by atomic mass is 79.9. The van der Waals surface area contributed by atoms with Crippen molar-refractivity contribution in [2.75, 3.05) is 12.4 Å². The van der Waals surface area contributed by atoms with Gasteiger partial charge in [0.1, 0.15) is 5.75 Å². The molecule has 9 heteroatoms. The maximum atomic E-state index is 12.6. The lowest BCUT2D eigenvalue weighted by atomic mass is 10.1. The standard InChI is InChI=1S/C22H19BrN4O3S/c1-13-3-6-19(30-2)15(9-13)18-11-31-22(25-18)26-20(28)7-8-27-12-24-17-5-4-14(23)10-16(17)21(27)29/h3-6,9-12H,7-8H2,1-2H3,(H,25,26,28). The topological polar surface area (TPSA) is 86.1 Å². The van der Waals surface area contributed by atoms with Crippen molar-refractivity contribution in [2.45, 2.75) is 19.9 Å². The minimum Gasteiger partial charge on any atom is -0.496 e. The van der Waals surface area contributed by atoms with Gasteiger partial charge in [-0.2, -0.15) is 0 Å². The molecule has 2 aromatic heterocycles. The third-order valence-corrected chi connectivity index (χ3v) is 6.00. The van der Waals surface area contributed by atoms with E-state index in [1.54, 1.807) is 19.2 Å². The van der Waals surface area contributed by atoms with E-state index in [-0.39, 0.29) is 24.4 Å². The van der Waals surface area contributed by atoms with E-state index in [1.807, 2.05) is 36.6 Å². The molecule has 0 unspecified atom stereocenters. The number of ether oxygens (including phenoxy) is 1. The highest BCUT2D eigenvalue weighted by molar-refractivity contribution is 9.10. The second-order valence-corrected chi connectivity index (χ2v) is 8.72. The number of hydrogen-bond acceptors (Lipinski definition) is 6. The van der Waals surface area contributed by atoms with Crippen LogP contribution >= 0.6 is 27.3 Å². The second kappa shape index (κ2) is 8.99. The number of nitrogens with zero attached hydrogens (tertiary/aromatic N) is 3. The first kappa shape index (κ1) is 21.2. The van der Waals surface area contributed by atoms with Crippen molar-refractivity contribution < 1.29 is 9.53 Å². The van der Waals surface area contributed by atoms with Crippen molar-refractivity contribution in [3.63, 3.8) is 0 Å². The quantitative estimate of drug-likeness (QED) is 0.418. The summed E-state index contributed by atoms with van der Waals surface area (Å²) < 4.78 is 7.67. The van der Waals surface area contributed by atoms with Gasteiger partial charge in [0.05, 0.1) is 30.0 Å². The molecule has 1 N–H and O–H groups in total. The Morgan fingerprint density at radius 2 is 2.10 bits per heavy atom. The average molecular weight is 499 g/mol. The van der Waals surface area contributed by atoms with Crippen LogP contribution in [0.4, 0.5) is 5.13 Å². The van der Waals surface area contributed by atoms with Crippen molar-refractivity contribution in [2.24, 2.45) is 0 Å². The maximum absolute atomic E-state index is 12.6. The Hall–Kier alpha value is -3.04. The van der Waals surface area contributed by atoms with E-state index in [4.69, 9.17) is 4.74 Å². The third-order valence-electron chi connectivity index (χ3n) is 4.75. The molecule has 158 valence electrons. The van der Waals surface area contributed by atoms with Crippen LogP contribution in [0.1, 0.15) is 12.0 Å². The molecule has 0 fully saturated rings. The molecule has 2 aromatic carbocycles. The van der Waals surface area contributed by atoms with Gasteiger partial charge < -0.3 is 10.1 Å². The van der Waals surface area contributed by atoms with Crippen molar-refractivity contribution in [1.82, 2.24) is 14.5 Å². The zero-order valence-corrected chi connectivity index (χ0v) is 19.3. The van der Waals surface area contributed by atoms with Crippen LogP contribution in [0.2, 0.25) is 0 Å². The van der Waals surface area contributed by atoms with E-state index in [0.717, 1.165) is 27.0 Å². The molecular weight excluding hydrogens is 480 g/mol. The largest absolute Gasteiger partial charge is 0.496 e. The summed E-state index contributed by atoms with van der Waals surface area (Å²) in [7, 11) is 1.62. The number of halogens is 1. The van der Waals surface area contributed by atoms with Crippen LogP contribution in [0.5, 0.6) is 5.75 Å². The van der Waals surface area contributed by atoms with Gasteiger partial charge in [0.15, 0.2) is 5.13 Å². The van der Waals surface area contributed by atoms with Gasteiger partial charge in [0, 0.05) is 28.4 Å². The number of nitrogens with one attached hydrogen (secondary N) is 1. The van der Waals surface area contributed by atoms with E-state index in [0.29, 0.717) is 16.0 Å². The van der Waals surface area contributed by atoms with Crippen molar-refractivity contribution in [3.8, 4) is 17.0 Å². The molecule has 0 atom stereocenters. The van der Waals surface area contributed by atoms with Crippen molar-refractivity contribution in [3.05, 3.63) is 68.5 Å². The predicted octanol–water partition coefficient (Wildman–Crippen LogP) is 4.63. The van der Waals surface area contributed by atoms with Gasteiger partial charge in [-0.3, -0.25) is 14.2 Å². The number of amides is 1. The van der Waals surface area contributed by atoms with E-state index in [2.05, 4.69) is 31.2 Å².